The Kier molecular flexibility index (Phi) is 5.34. The number of halogens is 1. The lowest BCUT2D eigenvalue weighted by Gasteiger charge is -2.36. The van der Waals surface area contributed by atoms with E-state index in [9.17, 15) is 24.3 Å². The number of nitrogens with zero attached hydrogens (tertiary/aromatic N) is 2. The van der Waals surface area contributed by atoms with Crippen LogP contribution in [0.4, 0.5) is 4.79 Å². The van der Waals surface area contributed by atoms with Crippen molar-refractivity contribution in [2.45, 2.75) is 5.92 Å². The van der Waals surface area contributed by atoms with Crippen LogP contribution in [0, 0.1) is 5.92 Å². The highest BCUT2D eigenvalue weighted by molar-refractivity contribution is 6.30. The lowest BCUT2D eigenvalue weighted by molar-refractivity contribution is -0.148. The number of barbiturate groups is 1. The molecule has 4 amide bonds. The summed E-state index contributed by atoms with van der Waals surface area (Å²) in [6.07, 6.45) is 0. The number of benzene rings is 1. The molecule has 1 aromatic carbocycles. The van der Waals surface area contributed by atoms with E-state index in [-0.39, 0.29) is 11.7 Å². The summed E-state index contributed by atoms with van der Waals surface area (Å²) in [6.45, 7) is 0. The van der Waals surface area contributed by atoms with Crippen LogP contribution in [0.15, 0.2) is 39.5 Å². The topological polar surface area (TPSA) is 117 Å². The second-order valence-corrected chi connectivity index (χ2v) is 6.87. The number of hydrogen-bond acceptors (Lipinski definition) is 7. The number of hydrogen-bond donors (Lipinski definition) is 1. The molecule has 1 saturated heterocycles. The Hall–Kier alpha value is -3.33. The Morgan fingerprint density at radius 1 is 1.07 bits per heavy atom. The van der Waals surface area contributed by atoms with Crippen LogP contribution in [-0.2, 0) is 9.59 Å². The molecule has 3 rings (SSSR count). The third kappa shape index (κ3) is 3.44. The molecule has 0 radical (unpaired) electrons. The molecule has 1 N–H and O–H groups in total. The fourth-order valence-corrected chi connectivity index (χ4v) is 3.31. The van der Waals surface area contributed by atoms with Crippen LogP contribution in [0.25, 0.3) is 0 Å². The Morgan fingerprint density at radius 3 is 2.14 bits per heavy atom. The van der Waals surface area contributed by atoms with Gasteiger partial charge in [-0.05, 0) is 17.7 Å². The van der Waals surface area contributed by atoms with Gasteiger partial charge >= 0.3 is 6.03 Å². The summed E-state index contributed by atoms with van der Waals surface area (Å²) < 4.78 is 10.5. The second-order valence-electron chi connectivity index (χ2n) is 6.43. The average molecular weight is 421 g/mol. The molecule has 0 saturated carbocycles. The molecule has 10 heteroatoms. The molecule has 1 aliphatic heterocycles. The van der Waals surface area contributed by atoms with Crippen LogP contribution in [-0.4, -0.2) is 54.0 Å². The molecular weight excluding hydrogens is 404 g/mol. The highest BCUT2D eigenvalue weighted by atomic mass is 35.5. The fraction of sp³-hybridized carbons (Fsp3) is 0.263. The van der Waals surface area contributed by atoms with E-state index in [4.69, 9.17) is 20.8 Å². The van der Waals surface area contributed by atoms with E-state index in [1.165, 1.54) is 45.5 Å². The maximum absolute atomic E-state index is 12.9. The van der Waals surface area contributed by atoms with Crippen molar-refractivity contribution in [3.8, 4) is 11.7 Å². The zero-order chi connectivity index (χ0) is 21.5. The summed E-state index contributed by atoms with van der Waals surface area (Å²) in [6, 6.07) is 6.25. The predicted octanol–water partition coefficient (Wildman–Crippen LogP) is 1.81. The molecule has 1 aliphatic rings. The summed E-state index contributed by atoms with van der Waals surface area (Å²) in [4.78, 5) is 51.7. The van der Waals surface area contributed by atoms with Gasteiger partial charge in [-0.25, -0.2) is 4.79 Å². The SMILES string of the molecule is COc1cc(=O)c(O)c(C(c2ccc(Cl)cc2)C2C(=O)N(C)C(=O)N(C)C2=O)o1. The van der Waals surface area contributed by atoms with E-state index in [2.05, 4.69) is 0 Å². The van der Waals surface area contributed by atoms with Crippen molar-refractivity contribution in [3.63, 3.8) is 0 Å². The summed E-state index contributed by atoms with van der Waals surface area (Å²) in [5.41, 5.74) is -0.445. The van der Waals surface area contributed by atoms with E-state index < -0.39 is 40.9 Å². The van der Waals surface area contributed by atoms with Crippen LogP contribution in [0.1, 0.15) is 17.2 Å². The number of ether oxygens (including phenoxy) is 1. The van der Waals surface area contributed by atoms with Crippen molar-refractivity contribution < 1.29 is 28.6 Å². The number of carbonyl (C=O) groups is 3. The molecular formula is C19H17ClN2O7. The van der Waals surface area contributed by atoms with Crippen molar-refractivity contribution in [3.05, 3.63) is 56.9 Å². The number of rotatable bonds is 4. The molecule has 1 unspecified atom stereocenters. The highest BCUT2D eigenvalue weighted by Gasteiger charge is 2.49. The maximum Gasteiger partial charge on any atom is 0.332 e. The Bertz CT molecular complexity index is 1020. The quantitative estimate of drug-likeness (QED) is 0.749. The first-order valence-electron chi connectivity index (χ1n) is 8.43. The summed E-state index contributed by atoms with van der Waals surface area (Å²) in [5.74, 6) is -5.60. The second kappa shape index (κ2) is 7.59. The summed E-state index contributed by atoms with van der Waals surface area (Å²) in [7, 11) is 3.73. The van der Waals surface area contributed by atoms with Gasteiger partial charge < -0.3 is 14.3 Å². The zero-order valence-electron chi connectivity index (χ0n) is 15.7. The lowest BCUT2D eigenvalue weighted by Crippen LogP contribution is -2.58. The smallest absolute Gasteiger partial charge is 0.332 e. The van der Waals surface area contributed by atoms with Crippen LogP contribution in [0.3, 0.4) is 0 Å². The van der Waals surface area contributed by atoms with E-state index in [0.29, 0.717) is 10.6 Å². The van der Waals surface area contributed by atoms with Gasteiger partial charge in [0.25, 0.3) is 5.95 Å². The van der Waals surface area contributed by atoms with Gasteiger partial charge in [0.1, 0.15) is 5.92 Å². The van der Waals surface area contributed by atoms with Crippen molar-refractivity contribution in [2.24, 2.45) is 5.92 Å². The van der Waals surface area contributed by atoms with Crippen LogP contribution < -0.4 is 10.2 Å². The minimum Gasteiger partial charge on any atom is -0.502 e. The first-order chi connectivity index (χ1) is 13.7. The third-order valence-corrected chi connectivity index (χ3v) is 4.99. The monoisotopic (exact) mass is 420 g/mol. The predicted molar refractivity (Wildman–Crippen MR) is 101 cm³/mol. The van der Waals surface area contributed by atoms with Gasteiger partial charge in [0, 0.05) is 19.1 Å². The van der Waals surface area contributed by atoms with Gasteiger partial charge in [0.2, 0.25) is 23.0 Å². The van der Waals surface area contributed by atoms with Crippen molar-refractivity contribution >= 4 is 29.4 Å². The summed E-state index contributed by atoms with van der Waals surface area (Å²) >= 11 is 5.94. The van der Waals surface area contributed by atoms with Crippen molar-refractivity contribution in [1.82, 2.24) is 9.80 Å². The van der Waals surface area contributed by atoms with E-state index in [1.54, 1.807) is 0 Å². The standard InChI is InChI=1S/C19H17ClN2O7/c1-21-17(25)14(18(26)22(2)19(21)27)13(9-4-6-10(20)7-5-9)16-15(24)11(23)8-12(28-3)29-16/h4-8,13-14,24H,1-3H3. The van der Waals surface area contributed by atoms with E-state index in [1.807, 2.05) is 0 Å². The minimum atomic E-state index is -1.47. The molecule has 2 heterocycles. The van der Waals surface area contributed by atoms with Crippen LogP contribution >= 0.6 is 11.6 Å². The van der Waals surface area contributed by atoms with Crippen LogP contribution in [0.5, 0.6) is 11.7 Å². The number of carbonyl (C=O) groups excluding carboxylic acids is 3. The minimum absolute atomic E-state index is 0.213. The molecule has 0 spiro atoms. The van der Waals surface area contributed by atoms with E-state index >= 15 is 0 Å². The van der Waals surface area contributed by atoms with E-state index in [0.717, 1.165) is 15.9 Å². The first kappa shape index (κ1) is 20.4. The molecule has 152 valence electrons. The first-order valence-corrected chi connectivity index (χ1v) is 8.80. The van der Waals surface area contributed by atoms with Crippen molar-refractivity contribution in [1.29, 1.82) is 0 Å². The fourth-order valence-electron chi connectivity index (χ4n) is 3.18. The average Bonchev–Trinajstić information content (AvgIpc) is 2.71. The van der Waals surface area contributed by atoms with Gasteiger partial charge in [-0.2, -0.15) is 0 Å². The Morgan fingerprint density at radius 2 is 1.62 bits per heavy atom. The lowest BCUT2D eigenvalue weighted by atomic mass is 9.81. The third-order valence-electron chi connectivity index (χ3n) is 4.74. The van der Waals surface area contributed by atoms with Crippen molar-refractivity contribution in [2.75, 3.05) is 21.2 Å². The molecule has 9 nitrogen and oxygen atoms in total. The molecule has 1 aromatic heterocycles. The number of amides is 4. The van der Waals surface area contributed by atoms with Gasteiger partial charge in [0.05, 0.1) is 19.1 Å². The largest absolute Gasteiger partial charge is 0.502 e. The molecule has 2 aromatic rings. The number of methoxy groups -OCH3 is 1. The molecule has 0 aliphatic carbocycles. The number of imide groups is 2. The summed E-state index contributed by atoms with van der Waals surface area (Å²) in [5, 5.41) is 10.8. The molecule has 1 atom stereocenters. The molecule has 29 heavy (non-hydrogen) atoms. The Labute approximate surface area is 170 Å². The number of urea groups is 1. The normalized spacial score (nSPS) is 16.3. The van der Waals surface area contributed by atoms with Gasteiger partial charge in [-0.15, -0.1) is 0 Å². The Balaban J connectivity index is 2.28. The highest BCUT2D eigenvalue weighted by Crippen LogP contribution is 2.40. The molecule has 1 fully saturated rings. The van der Waals surface area contributed by atoms with Gasteiger partial charge in [-0.3, -0.25) is 24.2 Å². The maximum atomic E-state index is 12.9. The van der Waals surface area contributed by atoms with Gasteiger partial charge in [-0.1, -0.05) is 23.7 Å². The van der Waals surface area contributed by atoms with Gasteiger partial charge in [0.15, 0.2) is 5.76 Å². The number of aromatic hydroxyl groups is 1. The molecule has 0 bridgehead atoms. The van der Waals surface area contributed by atoms with Crippen LogP contribution in [0.2, 0.25) is 5.02 Å². The zero-order valence-corrected chi connectivity index (χ0v) is 16.5.